The average Bonchev–Trinajstić information content (AvgIpc) is 2.62. The number of nitrogens with one attached hydrogen (secondary N) is 3. The van der Waals surface area contributed by atoms with Crippen molar-refractivity contribution in [2.45, 2.75) is 57.8 Å². The number of primary amides is 1. The molecule has 0 bridgehead atoms. The summed E-state index contributed by atoms with van der Waals surface area (Å²) in [7, 11) is 0. The second kappa shape index (κ2) is 11.9. The molecule has 5 unspecified atom stereocenters. The van der Waals surface area contributed by atoms with Gasteiger partial charge in [0.1, 0.15) is 18.1 Å². The maximum Gasteiger partial charge on any atom is 0.325 e. The van der Waals surface area contributed by atoms with E-state index in [4.69, 9.17) is 16.6 Å². The van der Waals surface area contributed by atoms with Crippen molar-refractivity contribution in [3.8, 4) is 0 Å². The Morgan fingerprint density at radius 1 is 0.929 bits per heavy atom. The molecular weight excluding hydrogens is 374 g/mol. The van der Waals surface area contributed by atoms with Crippen molar-refractivity contribution >= 4 is 29.6 Å². The van der Waals surface area contributed by atoms with Gasteiger partial charge in [-0.15, -0.1) is 0 Å². The van der Waals surface area contributed by atoms with Crippen molar-refractivity contribution in [3.05, 3.63) is 0 Å². The van der Waals surface area contributed by atoms with Crippen LogP contribution in [-0.2, 0) is 24.0 Å². The SMILES string of the molecule is CCC(C)C(N)C(=O)NC(CO)C(=O)NC(CC(N)=O)C(=O)NC(C)C(=O)O. The number of amides is 4. The van der Waals surface area contributed by atoms with Crippen molar-refractivity contribution in [2.75, 3.05) is 6.61 Å². The third-order valence-corrected chi connectivity index (χ3v) is 4.14. The van der Waals surface area contributed by atoms with E-state index in [1.807, 2.05) is 6.92 Å². The standard InChI is InChI=1S/C16H29N5O7/c1-4-7(2)12(18)15(26)21-10(6-22)14(25)20-9(5-11(17)23)13(24)19-8(3)16(27)28/h7-10,12,22H,4-6,18H2,1-3H3,(H2,17,23)(H,19,24)(H,20,25)(H,21,26)(H,27,28). The summed E-state index contributed by atoms with van der Waals surface area (Å²) < 4.78 is 0. The lowest BCUT2D eigenvalue weighted by atomic mass is 9.99. The number of nitrogens with two attached hydrogens (primary N) is 2. The summed E-state index contributed by atoms with van der Waals surface area (Å²) >= 11 is 0. The van der Waals surface area contributed by atoms with E-state index in [9.17, 15) is 29.1 Å². The van der Waals surface area contributed by atoms with E-state index in [-0.39, 0.29) is 5.92 Å². The fraction of sp³-hybridized carbons (Fsp3) is 0.688. The van der Waals surface area contributed by atoms with Crippen molar-refractivity contribution in [2.24, 2.45) is 17.4 Å². The van der Waals surface area contributed by atoms with Gasteiger partial charge in [-0.05, 0) is 12.8 Å². The zero-order chi connectivity index (χ0) is 22.0. The minimum absolute atomic E-state index is 0.173. The minimum Gasteiger partial charge on any atom is -0.480 e. The summed E-state index contributed by atoms with van der Waals surface area (Å²) in [6, 6.07) is -5.10. The van der Waals surface area contributed by atoms with Gasteiger partial charge in [-0.3, -0.25) is 24.0 Å². The molecule has 0 fully saturated rings. The topological polar surface area (TPSA) is 214 Å². The molecule has 12 nitrogen and oxygen atoms in total. The van der Waals surface area contributed by atoms with Crippen LogP contribution in [0.25, 0.3) is 0 Å². The third-order valence-electron chi connectivity index (χ3n) is 4.14. The first-order chi connectivity index (χ1) is 12.9. The smallest absolute Gasteiger partial charge is 0.325 e. The number of aliphatic hydroxyl groups is 1. The Morgan fingerprint density at radius 2 is 1.43 bits per heavy atom. The van der Waals surface area contributed by atoms with Crippen LogP contribution in [0, 0.1) is 5.92 Å². The third kappa shape index (κ3) is 8.31. The predicted molar refractivity (Wildman–Crippen MR) is 97.4 cm³/mol. The van der Waals surface area contributed by atoms with Crippen molar-refractivity contribution < 1.29 is 34.2 Å². The Bertz CT molecular complexity index is 598. The molecule has 0 saturated heterocycles. The molecule has 0 rings (SSSR count). The van der Waals surface area contributed by atoms with Crippen molar-refractivity contribution in [1.29, 1.82) is 0 Å². The second-order valence-electron chi connectivity index (χ2n) is 6.46. The van der Waals surface area contributed by atoms with Gasteiger partial charge in [0.05, 0.1) is 19.1 Å². The van der Waals surface area contributed by atoms with E-state index in [1.165, 1.54) is 6.92 Å². The Kier molecular flexibility index (Phi) is 10.7. The first-order valence-corrected chi connectivity index (χ1v) is 8.73. The Balaban J connectivity index is 5.15. The number of hydrogen-bond acceptors (Lipinski definition) is 7. The maximum absolute atomic E-state index is 12.3. The fourth-order valence-corrected chi connectivity index (χ4v) is 2.03. The lowest BCUT2D eigenvalue weighted by Crippen LogP contribution is -2.58. The van der Waals surface area contributed by atoms with Gasteiger partial charge >= 0.3 is 5.97 Å². The highest BCUT2D eigenvalue weighted by Crippen LogP contribution is 2.05. The highest BCUT2D eigenvalue weighted by molar-refractivity contribution is 5.96. The van der Waals surface area contributed by atoms with E-state index in [1.54, 1.807) is 6.92 Å². The highest BCUT2D eigenvalue weighted by atomic mass is 16.4. The lowest BCUT2D eigenvalue weighted by Gasteiger charge is -2.24. The van der Waals surface area contributed by atoms with Gasteiger partial charge in [-0.2, -0.15) is 0 Å². The van der Waals surface area contributed by atoms with E-state index < -0.39 is 66.8 Å². The largest absolute Gasteiger partial charge is 0.480 e. The van der Waals surface area contributed by atoms with Crippen molar-refractivity contribution in [1.82, 2.24) is 16.0 Å². The molecule has 0 aromatic rings. The fourth-order valence-electron chi connectivity index (χ4n) is 2.03. The molecule has 0 aliphatic rings. The molecule has 0 aromatic carbocycles. The van der Waals surface area contributed by atoms with Gasteiger partial charge in [0.25, 0.3) is 0 Å². The summed E-state index contributed by atoms with van der Waals surface area (Å²) in [6.45, 7) is 3.98. The number of carbonyl (C=O) groups excluding carboxylic acids is 4. The number of carboxylic acid groups (broad SMARTS) is 1. The minimum atomic E-state index is -1.49. The van der Waals surface area contributed by atoms with E-state index in [0.717, 1.165) is 0 Å². The van der Waals surface area contributed by atoms with Crippen LogP contribution in [0.5, 0.6) is 0 Å². The van der Waals surface area contributed by atoms with Gasteiger partial charge in [0.2, 0.25) is 23.6 Å². The Hall–Kier alpha value is -2.73. The summed E-state index contributed by atoms with van der Waals surface area (Å²) in [5.74, 6) is -5.01. The summed E-state index contributed by atoms with van der Waals surface area (Å²) in [5, 5.41) is 24.8. The number of rotatable bonds is 12. The normalized spacial score (nSPS) is 16.0. The van der Waals surface area contributed by atoms with Crippen LogP contribution < -0.4 is 27.4 Å². The lowest BCUT2D eigenvalue weighted by molar-refractivity contribution is -0.142. The number of carboxylic acids is 1. The molecule has 0 heterocycles. The number of hydrogen-bond donors (Lipinski definition) is 7. The molecule has 28 heavy (non-hydrogen) atoms. The molecule has 0 aliphatic carbocycles. The molecule has 5 atom stereocenters. The molecule has 0 aromatic heterocycles. The molecule has 9 N–H and O–H groups in total. The maximum atomic E-state index is 12.3. The van der Waals surface area contributed by atoms with Crippen LogP contribution >= 0.6 is 0 Å². The number of carbonyl (C=O) groups is 5. The average molecular weight is 403 g/mol. The van der Waals surface area contributed by atoms with E-state index in [0.29, 0.717) is 6.42 Å². The molecule has 0 aliphatic heterocycles. The molecule has 0 saturated carbocycles. The summed E-state index contributed by atoms with van der Waals surface area (Å²) in [4.78, 5) is 58.5. The van der Waals surface area contributed by atoms with Gasteiger partial charge < -0.3 is 37.6 Å². The number of aliphatic hydroxyl groups excluding tert-OH is 1. The molecule has 4 amide bonds. The van der Waals surface area contributed by atoms with Crippen LogP contribution in [0.4, 0.5) is 0 Å². The van der Waals surface area contributed by atoms with Gasteiger partial charge in [0.15, 0.2) is 0 Å². The Morgan fingerprint density at radius 3 is 1.86 bits per heavy atom. The monoisotopic (exact) mass is 403 g/mol. The first kappa shape index (κ1) is 25.3. The van der Waals surface area contributed by atoms with E-state index >= 15 is 0 Å². The highest BCUT2D eigenvalue weighted by Gasteiger charge is 2.30. The van der Waals surface area contributed by atoms with Gasteiger partial charge in [-0.1, -0.05) is 20.3 Å². The predicted octanol–water partition coefficient (Wildman–Crippen LogP) is -3.21. The summed E-state index contributed by atoms with van der Waals surface area (Å²) in [6.07, 6.45) is 0.00951. The quantitative estimate of drug-likeness (QED) is 0.175. The number of aliphatic carboxylic acids is 1. The van der Waals surface area contributed by atoms with E-state index in [2.05, 4.69) is 16.0 Å². The molecule has 0 radical (unpaired) electrons. The summed E-state index contributed by atoms with van der Waals surface area (Å²) in [5.41, 5.74) is 10.8. The van der Waals surface area contributed by atoms with Gasteiger partial charge in [-0.25, -0.2) is 0 Å². The van der Waals surface area contributed by atoms with Crippen LogP contribution in [0.15, 0.2) is 0 Å². The molecular formula is C16H29N5O7. The Labute approximate surface area is 162 Å². The van der Waals surface area contributed by atoms with Crippen LogP contribution in [0.1, 0.15) is 33.6 Å². The molecule has 0 spiro atoms. The van der Waals surface area contributed by atoms with Gasteiger partial charge in [0, 0.05) is 0 Å². The van der Waals surface area contributed by atoms with Crippen LogP contribution in [0.3, 0.4) is 0 Å². The molecule has 160 valence electrons. The van der Waals surface area contributed by atoms with Crippen LogP contribution in [0.2, 0.25) is 0 Å². The second-order valence-corrected chi connectivity index (χ2v) is 6.46. The first-order valence-electron chi connectivity index (χ1n) is 8.73. The molecule has 12 heteroatoms. The zero-order valence-corrected chi connectivity index (χ0v) is 16.1. The zero-order valence-electron chi connectivity index (χ0n) is 16.1. The van der Waals surface area contributed by atoms with Crippen molar-refractivity contribution in [3.63, 3.8) is 0 Å². The van der Waals surface area contributed by atoms with Crippen LogP contribution in [-0.4, -0.2) is 70.6 Å².